The Morgan fingerprint density at radius 2 is 1.95 bits per heavy atom. The highest BCUT2D eigenvalue weighted by Crippen LogP contribution is 2.22. The van der Waals surface area contributed by atoms with E-state index in [-0.39, 0.29) is 16.9 Å². The molecule has 0 atom stereocenters. The Balaban J connectivity index is 2.76. The maximum absolute atomic E-state index is 11.8. The van der Waals surface area contributed by atoms with Gasteiger partial charge in [0.2, 0.25) is 5.88 Å². The number of aromatic nitrogens is 2. The van der Waals surface area contributed by atoms with Gasteiger partial charge in [-0.2, -0.15) is 0 Å². The van der Waals surface area contributed by atoms with E-state index in [0.717, 1.165) is 4.57 Å². The number of aromatic amines is 1. The average Bonchev–Trinajstić information content (AvgIpc) is 2.37. The molecule has 2 rings (SSSR count). The SMILES string of the molecule is Cc1cc([N+](=O)[O-])ccc1-n1c(O)c(C)c(=O)[nH]c1=O. The lowest BCUT2D eigenvalue weighted by atomic mass is 10.1. The molecule has 20 heavy (non-hydrogen) atoms. The van der Waals surface area contributed by atoms with Crippen LogP contribution in [0, 0.1) is 24.0 Å². The number of nitro benzene ring substituents is 1. The lowest BCUT2D eigenvalue weighted by Crippen LogP contribution is -2.30. The van der Waals surface area contributed by atoms with Gasteiger partial charge in [0, 0.05) is 12.1 Å². The minimum absolute atomic E-state index is 0.0117. The summed E-state index contributed by atoms with van der Waals surface area (Å²) in [5.41, 5.74) is -0.943. The van der Waals surface area contributed by atoms with Gasteiger partial charge in [0.05, 0.1) is 16.2 Å². The minimum atomic E-state index is -0.810. The van der Waals surface area contributed by atoms with Crippen LogP contribution >= 0.6 is 0 Å². The van der Waals surface area contributed by atoms with Gasteiger partial charge in [-0.05, 0) is 25.5 Å². The van der Waals surface area contributed by atoms with Crippen LogP contribution in [0.2, 0.25) is 0 Å². The van der Waals surface area contributed by atoms with Crippen LogP contribution in [0.4, 0.5) is 5.69 Å². The lowest BCUT2D eigenvalue weighted by Gasteiger charge is -2.11. The van der Waals surface area contributed by atoms with E-state index < -0.39 is 22.1 Å². The maximum atomic E-state index is 11.8. The Labute approximate surface area is 112 Å². The Kier molecular flexibility index (Phi) is 3.15. The smallest absolute Gasteiger partial charge is 0.335 e. The Morgan fingerprint density at radius 1 is 1.30 bits per heavy atom. The topological polar surface area (TPSA) is 118 Å². The van der Waals surface area contributed by atoms with Gasteiger partial charge < -0.3 is 5.11 Å². The first-order chi connectivity index (χ1) is 9.32. The summed E-state index contributed by atoms with van der Waals surface area (Å²) in [5, 5.41) is 20.6. The molecule has 0 saturated heterocycles. The molecule has 0 fully saturated rings. The summed E-state index contributed by atoms with van der Waals surface area (Å²) in [7, 11) is 0. The van der Waals surface area contributed by atoms with Crippen molar-refractivity contribution in [2.75, 3.05) is 0 Å². The molecule has 0 bridgehead atoms. The Morgan fingerprint density at radius 3 is 2.50 bits per heavy atom. The maximum Gasteiger partial charge on any atom is 0.335 e. The molecule has 0 amide bonds. The summed E-state index contributed by atoms with van der Waals surface area (Å²) < 4.78 is 0.899. The Hall–Kier alpha value is -2.90. The molecule has 8 nitrogen and oxygen atoms in total. The third-order valence-electron chi connectivity index (χ3n) is 2.94. The first-order valence-electron chi connectivity index (χ1n) is 5.63. The molecular weight excluding hydrogens is 266 g/mol. The van der Waals surface area contributed by atoms with E-state index in [1.807, 2.05) is 0 Å². The number of non-ortho nitro benzene ring substituents is 1. The molecule has 0 aliphatic rings. The van der Waals surface area contributed by atoms with Gasteiger partial charge in [0.1, 0.15) is 0 Å². The van der Waals surface area contributed by atoms with Crippen molar-refractivity contribution in [2.24, 2.45) is 0 Å². The number of hydrogen-bond acceptors (Lipinski definition) is 5. The molecule has 2 aromatic rings. The monoisotopic (exact) mass is 277 g/mol. The van der Waals surface area contributed by atoms with Gasteiger partial charge in [0.25, 0.3) is 11.2 Å². The number of benzene rings is 1. The third-order valence-corrected chi connectivity index (χ3v) is 2.94. The van der Waals surface area contributed by atoms with Gasteiger partial charge in [-0.15, -0.1) is 0 Å². The van der Waals surface area contributed by atoms with Crippen LogP contribution in [0.25, 0.3) is 5.69 Å². The van der Waals surface area contributed by atoms with Crippen molar-refractivity contribution in [2.45, 2.75) is 13.8 Å². The molecule has 0 unspecified atom stereocenters. The van der Waals surface area contributed by atoms with E-state index in [4.69, 9.17) is 0 Å². The van der Waals surface area contributed by atoms with Gasteiger partial charge in [0.15, 0.2) is 0 Å². The van der Waals surface area contributed by atoms with Crippen molar-refractivity contribution in [1.82, 2.24) is 9.55 Å². The van der Waals surface area contributed by atoms with Crippen molar-refractivity contribution >= 4 is 5.69 Å². The molecule has 0 aliphatic heterocycles. The highest BCUT2D eigenvalue weighted by atomic mass is 16.6. The summed E-state index contributed by atoms with van der Waals surface area (Å²) in [6, 6.07) is 3.84. The van der Waals surface area contributed by atoms with Gasteiger partial charge >= 0.3 is 5.69 Å². The molecular formula is C12H11N3O5. The molecule has 8 heteroatoms. The fourth-order valence-corrected chi connectivity index (χ4v) is 1.84. The summed E-state index contributed by atoms with van der Waals surface area (Å²) in [6.07, 6.45) is 0. The normalized spacial score (nSPS) is 10.5. The number of nitrogens with zero attached hydrogens (tertiary/aromatic N) is 2. The van der Waals surface area contributed by atoms with Crippen LogP contribution in [-0.2, 0) is 0 Å². The molecule has 0 saturated carbocycles. The number of aryl methyl sites for hydroxylation is 1. The van der Waals surface area contributed by atoms with Gasteiger partial charge in [-0.1, -0.05) is 0 Å². The number of nitrogens with one attached hydrogen (secondary N) is 1. The van der Waals surface area contributed by atoms with E-state index >= 15 is 0 Å². The van der Waals surface area contributed by atoms with E-state index in [9.17, 15) is 24.8 Å². The molecule has 0 spiro atoms. The average molecular weight is 277 g/mol. The van der Waals surface area contributed by atoms with Crippen LogP contribution in [-0.4, -0.2) is 19.6 Å². The van der Waals surface area contributed by atoms with E-state index in [0.29, 0.717) is 5.56 Å². The quantitative estimate of drug-likeness (QED) is 0.620. The van der Waals surface area contributed by atoms with Gasteiger partial charge in [-0.25, -0.2) is 9.36 Å². The van der Waals surface area contributed by atoms with E-state index in [1.54, 1.807) is 6.92 Å². The van der Waals surface area contributed by atoms with Crippen LogP contribution < -0.4 is 11.2 Å². The van der Waals surface area contributed by atoms with Crippen molar-refractivity contribution in [3.63, 3.8) is 0 Å². The molecule has 0 radical (unpaired) electrons. The number of nitro groups is 1. The largest absolute Gasteiger partial charge is 0.494 e. The van der Waals surface area contributed by atoms with Crippen LogP contribution in [0.3, 0.4) is 0 Å². The van der Waals surface area contributed by atoms with Crippen molar-refractivity contribution in [3.8, 4) is 11.6 Å². The molecule has 1 aromatic heterocycles. The number of H-pyrrole nitrogens is 1. The highest BCUT2D eigenvalue weighted by Gasteiger charge is 2.15. The lowest BCUT2D eigenvalue weighted by molar-refractivity contribution is -0.384. The summed E-state index contributed by atoms with van der Waals surface area (Å²) in [6.45, 7) is 2.93. The van der Waals surface area contributed by atoms with E-state index in [1.165, 1.54) is 25.1 Å². The van der Waals surface area contributed by atoms with Crippen LogP contribution in [0.5, 0.6) is 5.88 Å². The first kappa shape index (κ1) is 13.5. The number of aromatic hydroxyl groups is 1. The van der Waals surface area contributed by atoms with E-state index in [2.05, 4.69) is 4.98 Å². The molecule has 104 valence electrons. The summed E-state index contributed by atoms with van der Waals surface area (Å²) in [5.74, 6) is -0.490. The zero-order chi connectivity index (χ0) is 15.0. The first-order valence-corrected chi connectivity index (χ1v) is 5.63. The highest BCUT2D eigenvalue weighted by molar-refractivity contribution is 5.49. The van der Waals surface area contributed by atoms with Crippen LogP contribution in [0.15, 0.2) is 27.8 Å². The van der Waals surface area contributed by atoms with Gasteiger partial charge in [-0.3, -0.25) is 19.9 Å². The fraction of sp³-hybridized carbons (Fsp3) is 0.167. The predicted molar refractivity (Wildman–Crippen MR) is 70.5 cm³/mol. The predicted octanol–water partition coefficient (Wildman–Crippen LogP) is 0.756. The summed E-state index contributed by atoms with van der Waals surface area (Å²) >= 11 is 0. The standard InChI is InChI=1S/C12H11N3O5/c1-6-5-8(15(19)20)3-4-9(6)14-11(17)7(2)10(16)13-12(14)18/h3-5,17H,1-2H3,(H,13,16,18). The van der Waals surface area contributed by atoms with Crippen molar-refractivity contribution in [1.29, 1.82) is 0 Å². The molecule has 0 aliphatic carbocycles. The molecule has 1 heterocycles. The zero-order valence-electron chi connectivity index (χ0n) is 10.7. The fourth-order valence-electron chi connectivity index (χ4n) is 1.84. The summed E-state index contributed by atoms with van der Waals surface area (Å²) in [4.78, 5) is 35.3. The van der Waals surface area contributed by atoms with Crippen molar-refractivity contribution < 1.29 is 10.0 Å². The van der Waals surface area contributed by atoms with Crippen LogP contribution in [0.1, 0.15) is 11.1 Å². The minimum Gasteiger partial charge on any atom is -0.494 e. The second kappa shape index (κ2) is 4.65. The number of rotatable bonds is 2. The number of hydrogen-bond donors (Lipinski definition) is 2. The zero-order valence-corrected chi connectivity index (χ0v) is 10.7. The third kappa shape index (κ3) is 2.07. The second-order valence-corrected chi connectivity index (χ2v) is 4.27. The second-order valence-electron chi connectivity index (χ2n) is 4.27. The van der Waals surface area contributed by atoms with Crippen molar-refractivity contribution in [3.05, 3.63) is 60.3 Å². The molecule has 1 aromatic carbocycles. The Bertz CT molecular complexity index is 819. The molecule has 2 N–H and O–H groups in total.